The Labute approximate surface area is 289 Å². The predicted octanol–water partition coefficient (Wildman–Crippen LogP) is 3.13. The van der Waals surface area contributed by atoms with Crippen molar-refractivity contribution in [2.45, 2.75) is 97.6 Å². The molecule has 0 radical (unpaired) electrons. The molecule has 2 saturated carbocycles. The Morgan fingerprint density at radius 1 is 1.14 bits per heavy atom. The van der Waals surface area contributed by atoms with Crippen molar-refractivity contribution < 1.29 is 49.0 Å². The molecule has 1 saturated heterocycles. The van der Waals surface area contributed by atoms with Gasteiger partial charge in [0.25, 0.3) is 0 Å². The molecular weight excluding hydrogens is 581 g/mol. The van der Waals surface area contributed by atoms with Crippen LogP contribution in [-0.2, 0) is 4.79 Å². The zero-order valence-electron chi connectivity index (χ0n) is 27.2. The molecule has 0 N–H and O–H groups in total. The van der Waals surface area contributed by atoms with Crippen molar-refractivity contribution >= 4 is 28.9 Å². The third-order valence-electron chi connectivity index (χ3n) is 9.13. The molecule has 9 heteroatoms. The van der Waals surface area contributed by atoms with Gasteiger partial charge in [-0.15, -0.1) is 11.3 Å². The van der Waals surface area contributed by atoms with Gasteiger partial charge in [0.15, 0.2) is 5.72 Å². The van der Waals surface area contributed by atoms with E-state index < -0.39 is 11.7 Å². The maximum absolute atomic E-state index is 14.8. The molecule has 5 rings (SSSR count). The van der Waals surface area contributed by atoms with E-state index in [0.717, 1.165) is 69.5 Å². The SMILES string of the molecule is CC1CCC(C(=O)N(c2cc(C#CC(C)(C)C)sc2C(=O)[O-])[C@@]2(Oc3ccccn3)CCCC(CN3CCCC3)C2)CC1.[Na+]. The number of thiophene rings is 1. The zero-order valence-corrected chi connectivity index (χ0v) is 30.0. The van der Waals surface area contributed by atoms with E-state index in [1.165, 1.54) is 12.8 Å². The van der Waals surface area contributed by atoms with Crippen LogP contribution in [0.25, 0.3) is 0 Å². The van der Waals surface area contributed by atoms with Gasteiger partial charge < -0.3 is 19.5 Å². The first kappa shape index (κ1) is 35.0. The fourth-order valence-corrected chi connectivity index (χ4v) is 7.82. The normalized spacial score (nSPS) is 25.8. The van der Waals surface area contributed by atoms with Crippen LogP contribution in [-0.4, -0.2) is 47.1 Å². The molecule has 1 amide bonds. The van der Waals surface area contributed by atoms with E-state index in [1.807, 2.05) is 39.0 Å². The minimum absolute atomic E-state index is 0. The third kappa shape index (κ3) is 8.67. The number of hydrogen-bond acceptors (Lipinski definition) is 7. The number of pyridine rings is 1. The Morgan fingerprint density at radius 3 is 2.50 bits per heavy atom. The minimum Gasteiger partial charge on any atom is -0.544 e. The van der Waals surface area contributed by atoms with Crippen LogP contribution in [0, 0.1) is 35.0 Å². The van der Waals surface area contributed by atoms with Gasteiger partial charge in [0.1, 0.15) is 0 Å². The number of likely N-dealkylation sites (tertiary alicyclic amines) is 1. The molecule has 7 nitrogen and oxygen atoms in total. The standard InChI is InChI=1S/C35H47N3O4S.Na/c1-25-12-14-27(15-13-25)32(39)38(29-22-28(16-18-34(2,3)4)43-31(29)33(40)41)35(42-30-11-5-6-19-36-30)17-9-10-26(23-35)24-37-20-7-8-21-37;/h5-6,11,19,22,25-27H,7-10,12-15,17,20-21,23-24H2,1-4H3,(H,40,41);/q;+1/p-1/t25?,26?,27?,35-;/m1./s1. The number of ether oxygens (including phenoxy) is 1. The summed E-state index contributed by atoms with van der Waals surface area (Å²) in [4.78, 5) is 36.9. The summed E-state index contributed by atoms with van der Waals surface area (Å²) in [6, 6.07) is 7.33. The Hall–Kier alpha value is -1.89. The monoisotopic (exact) mass is 627 g/mol. The summed E-state index contributed by atoms with van der Waals surface area (Å²) in [7, 11) is 0. The van der Waals surface area contributed by atoms with E-state index in [2.05, 4.69) is 28.6 Å². The molecule has 0 bridgehead atoms. The summed E-state index contributed by atoms with van der Waals surface area (Å²) < 4.78 is 6.88. The quantitative estimate of drug-likeness (QED) is 0.254. The van der Waals surface area contributed by atoms with Crippen molar-refractivity contribution in [1.29, 1.82) is 0 Å². The van der Waals surface area contributed by atoms with Crippen molar-refractivity contribution in [1.82, 2.24) is 9.88 Å². The van der Waals surface area contributed by atoms with Crippen molar-refractivity contribution in [3.63, 3.8) is 0 Å². The molecule has 0 aromatic carbocycles. The number of hydrogen-bond donors (Lipinski definition) is 0. The second-order valence-corrected chi connectivity index (χ2v) is 15.0. The molecule has 3 aliphatic rings. The average molecular weight is 628 g/mol. The van der Waals surface area contributed by atoms with Gasteiger partial charge >= 0.3 is 29.6 Å². The van der Waals surface area contributed by atoms with E-state index in [4.69, 9.17) is 4.74 Å². The number of aromatic carboxylic acids is 1. The van der Waals surface area contributed by atoms with Gasteiger partial charge in [-0.25, -0.2) is 4.98 Å². The van der Waals surface area contributed by atoms with E-state index in [-0.39, 0.29) is 51.7 Å². The first-order valence-corrected chi connectivity index (χ1v) is 16.9. The maximum atomic E-state index is 14.8. The summed E-state index contributed by atoms with van der Waals surface area (Å²) in [6.45, 7) is 11.5. The van der Waals surface area contributed by atoms with Gasteiger partial charge in [0.05, 0.1) is 21.4 Å². The van der Waals surface area contributed by atoms with Gasteiger partial charge in [0, 0.05) is 43.0 Å². The predicted molar refractivity (Wildman–Crippen MR) is 169 cm³/mol. The number of carbonyl (C=O) groups excluding carboxylic acids is 2. The first-order chi connectivity index (χ1) is 20.5. The van der Waals surface area contributed by atoms with Crippen molar-refractivity contribution in [3.8, 4) is 17.7 Å². The van der Waals surface area contributed by atoms with Crippen molar-refractivity contribution in [2.75, 3.05) is 24.5 Å². The van der Waals surface area contributed by atoms with Crippen LogP contribution in [0.4, 0.5) is 5.69 Å². The topological polar surface area (TPSA) is 85.8 Å². The van der Waals surface area contributed by atoms with E-state index >= 15 is 0 Å². The second kappa shape index (κ2) is 15.1. The zero-order chi connectivity index (χ0) is 30.6. The van der Waals surface area contributed by atoms with Crippen LogP contribution in [0.3, 0.4) is 0 Å². The Bertz CT molecular complexity index is 1330. The molecule has 2 aliphatic carbocycles. The summed E-state index contributed by atoms with van der Waals surface area (Å²) in [5, 5.41) is 12.7. The molecule has 232 valence electrons. The van der Waals surface area contributed by atoms with Crippen LogP contribution in [0.2, 0.25) is 0 Å². The molecular formula is C35H46N3NaO4S. The van der Waals surface area contributed by atoms with Crippen molar-refractivity contribution in [2.24, 2.45) is 23.2 Å². The minimum atomic E-state index is -1.30. The summed E-state index contributed by atoms with van der Waals surface area (Å²) in [5.41, 5.74) is -0.975. The van der Waals surface area contributed by atoms with E-state index in [0.29, 0.717) is 41.1 Å². The summed E-state index contributed by atoms with van der Waals surface area (Å²) >= 11 is 1.09. The Kier molecular flexibility index (Phi) is 12.0. The molecule has 44 heavy (non-hydrogen) atoms. The van der Waals surface area contributed by atoms with E-state index in [9.17, 15) is 14.7 Å². The van der Waals surface area contributed by atoms with Gasteiger partial charge in [-0.3, -0.25) is 9.69 Å². The molecule has 2 atom stereocenters. The smallest absolute Gasteiger partial charge is 0.544 e. The van der Waals surface area contributed by atoms with Crippen LogP contribution in [0.15, 0.2) is 30.5 Å². The number of aromatic nitrogens is 1. The number of amides is 1. The Balaban J connectivity index is 0.00000442. The van der Waals surface area contributed by atoms with Gasteiger partial charge in [-0.05, 0) is 109 Å². The summed E-state index contributed by atoms with van der Waals surface area (Å²) in [5.74, 6) is 6.19. The molecule has 2 aromatic rings. The average Bonchev–Trinajstić information content (AvgIpc) is 3.63. The first-order valence-electron chi connectivity index (χ1n) is 16.1. The number of anilines is 1. The van der Waals surface area contributed by atoms with Crippen molar-refractivity contribution in [3.05, 3.63) is 40.2 Å². The summed E-state index contributed by atoms with van der Waals surface area (Å²) in [6.07, 6.45) is 10.8. The molecule has 0 spiro atoms. The third-order valence-corrected chi connectivity index (χ3v) is 10.1. The number of nitrogens with zero attached hydrogens (tertiary/aromatic N) is 3. The number of carbonyl (C=O) groups is 2. The fraction of sp³-hybridized carbons (Fsp3) is 0.629. The van der Waals surface area contributed by atoms with Gasteiger partial charge in [0.2, 0.25) is 11.8 Å². The molecule has 3 heterocycles. The molecule has 1 unspecified atom stereocenters. The van der Waals surface area contributed by atoms with Crippen LogP contribution in [0.5, 0.6) is 5.88 Å². The van der Waals surface area contributed by atoms with Crippen LogP contribution >= 0.6 is 11.3 Å². The number of carboxylic acid groups (broad SMARTS) is 1. The molecule has 3 fully saturated rings. The van der Waals surface area contributed by atoms with Crippen LogP contribution in [0.1, 0.15) is 106 Å². The maximum Gasteiger partial charge on any atom is 1.00 e. The molecule has 1 aliphatic heterocycles. The van der Waals surface area contributed by atoms with E-state index in [1.54, 1.807) is 17.2 Å². The van der Waals surface area contributed by atoms with Gasteiger partial charge in [-0.1, -0.05) is 24.8 Å². The van der Waals surface area contributed by atoms with Crippen LogP contribution < -0.4 is 44.3 Å². The fourth-order valence-electron chi connectivity index (χ4n) is 6.99. The number of rotatable bonds is 8. The largest absolute Gasteiger partial charge is 1.00 e. The molecule has 2 aromatic heterocycles. The number of carboxylic acids is 1. The second-order valence-electron chi connectivity index (χ2n) is 13.9. The van der Waals surface area contributed by atoms with Gasteiger partial charge in [-0.2, -0.15) is 0 Å². The Morgan fingerprint density at radius 2 is 1.86 bits per heavy atom.